The van der Waals surface area contributed by atoms with Gasteiger partial charge >= 0.3 is 0 Å². The van der Waals surface area contributed by atoms with Crippen LogP contribution in [0, 0.1) is 0 Å². The summed E-state index contributed by atoms with van der Waals surface area (Å²) in [5, 5.41) is 0. The summed E-state index contributed by atoms with van der Waals surface area (Å²) in [5.41, 5.74) is 3.48. The minimum atomic E-state index is 0.199. The molecule has 0 spiro atoms. The number of hydrogen-bond donors (Lipinski definition) is 0. The molecule has 1 fully saturated rings. The summed E-state index contributed by atoms with van der Waals surface area (Å²) in [7, 11) is 4.97. The summed E-state index contributed by atoms with van der Waals surface area (Å²) in [6.07, 6.45) is 2.27. The number of rotatable bonds is 8. The van der Waals surface area contributed by atoms with Gasteiger partial charge in [-0.25, -0.2) is 0 Å². The van der Waals surface area contributed by atoms with E-state index in [1.54, 1.807) is 21.3 Å². The Bertz CT molecular complexity index is 939. The van der Waals surface area contributed by atoms with Gasteiger partial charge in [-0.05, 0) is 66.9 Å². The quantitative estimate of drug-likeness (QED) is 0.613. The highest BCUT2D eigenvalue weighted by molar-refractivity contribution is 5.80. The van der Waals surface area contributed by atoms with Crippen molar-refractivity contribution >= 4 is 11.6 Å². The molecular weight excluding hydrogens is 418 g/mol. The first kappa shape index (κ1) is 23.2. The molecule has 2 aliphatic heterocycles. The van der Waals surface area contributed by atoms with Gasteiger partial charge in [0.25, 0.3) is 0 Å². The van der Waals surface area contributed by atoms with Crippen LogP contribution in [-0.4, -0.2) is 82.8 Å². The van der Waals surface area contributed by atoms with Gasteiger partial charge in [0.1, 0.15) is 5.75 Å². The van der Waals surface area contributed by atoms with Crippen molar-refractivity contribution in [3.8, 4) is 17.2 Å². The molecule has 0 aliphatic carbocycles. The molecule has 2 aliphatic rings. The monoisotopic (exact) mass is 453 g/mol. The molecule has 33 heavy (non-hydrogen) atoms. The van der Waals surface area contributed by atoms with Crippen LogP contribution in [0.15, 0.2) is 36.4 Å². The molecule has 1 amide bonds. The van der Waals surface area contributed by atoms with Crippen LogP contribution < -0.4 is 19.1 Å². The summed E-state index contributed by atoms with van der Waals surface area (Å²) in [4.78, 5) is 19.8. The Labute approximate surface area is 196 Å². The first-order valence-corrected chi connectivity index (χ1v) is 11.7. The fourth-order valence-corrected chi connectivity index (χ4v) is 4.76. The summed E-state index contributed by atoms with van der Waals surface area (Å²) < 4.78 is 16.1. The molecule has 1 saturated heterocycles. The number of nitrogens with zero attached hydrogens (tertiary/aromatic N) is 3. The van der Waals surface area contributed by atoms with Gasteiger partial charge in [0.15, 0.2) is 11.5 Å². The molecule has 2 aromatic carbocycles. The summed E-state index contributed by atoms with van der Waals surface area (Å²) in [5.74, 6) is 2.50. The number of amides is 1. The van der Waals surface area contributed by atoms with E-state index in [0.717, 1.165) is 75.7 Å². The summed E-state index contributed by atoms with van der Waals surface area (Å²) in [6, 6.07) is 12.3. The van der Waals surface area contributed by atoms with E-state index in [1.807, 2.05) is 29.2 Å². The minimum absolute atomic E-state index is 0.199. The van der Waals surface area contributed by atoms with Crippen LogP contribution in [0.4, 0.5) is 5.69 Å². The van der Waals surface area contributed by atoms with E-state index in [9.17, 15) is 4.79 Å². The topological polar surface area (TPSA) is 54.5 Å². The standard InChI is InChI=1S/C26H35N3O4/c1-31-23-7-5-22(6-8-23)28-15-13-27(14-16-28)10-4-11-29-12-9-20-17-24(32-2)25(33-3)18-21(20)19-26(29)30/h5-8,17-18H,4,9-16,19H2,1-3H3. The maximum absolute atomic E-state index is 12.9. The molecule has 0 atom stereocenters. The Morgan fingerprint density at radius 2 is 1.45 bits per heavy atom. The zero-order valence-electron chi connectivity index (χ0n) is 20.0. The van der Waals surface area contributed by atoms with E-state index in [4.69, 9.17) is 14.2 Å². The Kier molecular flexibility index (Phi) is 7.60. The van der Waals surface area contributed by atoms with Gasteiger partial charge in [-0.15, -0.1) is 0 Å². The van der Waals surface area contributed by atoms with E-state index >= 15 is 0 Å². The number of anilines is 1. The van der Waals surface area contributed by atoms with E-state index < -0.39 is 0 Å². The molecule has 0 saturated carbocycles. The Morgan fingerprint density at radius 1 is 0.788 bits per heavy atom. The second-order valence-electron chi connectivity index (χ2n) is 8.66. The number of piperazine rings is 1. The third-order valence-corrected chi connectivity index (χ3v) is 6.76. The van der Waals surface area contributed by atoms with Crippen molar-refractivity contribution in [2.75, 3.05) is 72.0 Å². The highest BCUT2D eigenvalue weighted by Gasteiger charge is 2.23. The average molecular weight is 454 g/mol. The average Bonchev–Trinajstić information content (AvgIpc) is 3.01. The van der Waals surface area contributed by atoms with Crippen LogP contribution >= 0.6 is 0 Å². The maximum atomic E-state index is 12.9. The van der Waals surface area contributed by atoms with E-state index in [-0.39, 0.29) is 5.91 Å². The predicted octanol–water partition coefficient (Wildman–Crippen LogP) is 2.85. The molecule has 0 aromatic heterocycles. The van der Waals surface area contributed by atoms with Crippen LogP contribution in [0.3, 0.4) is 0 Å². The number of fused-ring (bicyclic) bond motifs is 1. The normalized spacial score (nSPS) is 16.9. The molecule has 0 N–H and O–H groups in total. The summed E-state index contributed by atoms with van der Waals surface area (Å²) in [6.45, 7) is 6.72. The highest BCUT2D eigenvalue weighted by Crippen LogP contribution is 2.32. The number of ether oxygens (including phenoxy) is 3. The largest absolute Gasteiger partial charge is 0.497 e. The lowest BCUT2D eigenvalue weighted by molar-refractivity contribution is -0.130. The molecule has 178 valence electrons. The maximum Gasteiger partial charge on any atom is 0.227 e. The minimum Gasteiger partial charge on any atom is -0.497 e. The van der Waals surface area contributed by atoms with Crippen molar-refractivity contribution in [1.29, 1.82) is 0 Å². The van der Waals surface area contributed by atoms with Gasteiger partial charge in [-0.3, -0.25) is 9.69 Å². The van der Waals surface area contributed by atoms with Gasteiger partial charge in [0.2, 0.25) is 5.91 Å². The number of benzene rings is 2. The lowest BCUT2D eigenvalue weighted by atomic mass is 10.0. The smallest absolute Gasteiger partial charge is 0.227 e. The van der Waals surface area contributed by atoms with E-state index in [0.29, 0.717) is 12.2 Å². The third-order valence-electron chi connectivity index (χ3n) is 6.76. The molecule has 0 unspecified atom stereocenters. The summed E-state index contributed by atoms with van der Waals surface area (Å²) >= 11 is 0. The van der Waals surface area contributed by atoms with Crippen molar-refractivity contribution < 1.29 is 19.0 Å². The Hall–Kier alpha value is -2.93. The second-order valence-corrected chi connectivity index (χ2v) is 8.66. The first-order valence-electron chi connectivity index (χ1n) is 11.7. The third kappa shape index (κ3) is 5.53. The van der Waals surface area contributed by atoms with Gasteiger partial charge in [0.05, 0.1) is 27.8 Å². The van der Waals surface area contributed by atoms with Crippen molar-refractivity contribution in [2.45, 2.75) is 19.3 Å². The fraction of sp³-hybridized carbons (Fsp3) is 0.500. The van der Waals surface area contributed by atoms with Crippen LogP contribution in [0.1, 0.15) is 17.5 Å². The number of carbonyl (C=O) groups is 1. The first-order chi connectivity index (χ1) is 16.1. The molecular formula is C26H35N3O4. The highest BCUT2D eigenvalue weighted by atomic mass is 16.5. The van der Waals surface area contributed by atoms with Crippen LogP contribution in [0.2, 0.25) is 0 Å². The lowest BCUT2D eigenvalue weighted by Crippen LogP contribution is -2.47. The van der Waals surface area contributed by atoms with Gasteiger partial charge in [-0.1, -0.05) is 0 Å². The number of carbonyl (C=O) groups excluding carboxylic acids is 1. The lowest BCUT2D eigenvalue weighted by Gasteiger charge is -2.36. The second kappa shape index (κ2) is 10.8. The van der Waals surface area contributed by atoms with Gasteiger partial charge < -0.3 is 24.0 Å². The van der Waals surface area contributed by atoms with Crippen LogP contribution in [-0.2, 0) is 17.6 Å². The molecule has 2 heterocycles. The number of methoxy groups -OCH3 is 3. The van der Waals surface area contributed by atoms with Crippen molar-refractivity contribution in [1.82, 2.24) is 9.80 Å². The molecule has 4 rings (SSSR count). The van der Waals surface area contributed by atoms with E-state index in [2.05, 4.69) is 21.9 Å². The molecule has 7 nitrogen and oxygen atoms in total. The predicted molar refractivity (Wildman–Crippen MR) is 130 cm³/mol. The Morgan fingerprint density at radius 3 is 2.09 bits per heavy atom. The van der Waals surface area contributed by atoms with Crippen LogP contribution in [0.5, 0.6) is 17.2 Å². The van der Waals surface area contributed by atoms with Crippen molar-refractivity contribution in [3.63, 3.8) is 0 Å². The van der Waals surface area contributed by atoms with Crippen LogP contribution in [0.25, 0.3) is 0 Å². The SMILES string of the molecule is COc1ccc(N2CCN(CCCN3CCc4cc(OC)c(OC)cc4CC3=O)CC2)cc1. The Balaban J connectivity index is 1.24. The fourth-order valence-electron chi connectivity index (χ4n) is 4.76. The van der Waals surface area contributed by atoms with E-state index in [1.165, 1.54) is 11.3 Å². The molecule has 0 bridgehead atoms. The zero-order valence-corrected chi connectivity index (χ0v) is 20.0. The zero-order chi connectivity index (χ0) is 23.2. The molecule has 7 heteroatoms. The van der Waals surface area contributed by atoms with Gasteiger partial charge in [0, 0.05) is 45.0 Å². The number of hydrogen-bond acceptors (Lipinski definition) is 6. The van der Waals surface area contributed by atoms with Gasteiger partial charge in [-0.2, -0.15) is 0 Å². The van der Waals surface area contributed by atoms with Crippen molar-refractivity contribution in [3.05, 3.63) is 47.5 Å². The molecule has 0 radical (unpaired) electrons. The molecule has 2 aromatic rings. The van der Waals surface area contributed by atoms with Crippen molar-refractivity contribution in [2.24, 2.45) is 0 Å².